The van der Waals surface area contributed by atoms with Crippen molar-refractivity contribution in [3.8, 4) is 11.5 Å². The number of hydrazone groups is 1. The summed E-state index contributed by atoms with van der Waals surface area (Å²) in [6.07, 6.45) is 1.92. The van der Waals surface area contributed by atoms with Gasteiger partial charge in [0.25, 0.3) is 0 Å². The number of nitrogens with zero attached hydrogens (tertiary/aromatic N) is 2. The Hall–Kier alpha value is -3.21. The third-order valence-electron chi connectivity index (χ3n) is 4.95. The molecular weight excluding hydrogens is 328 g/mol. The Morgan fingerprint density at radius 1 is 1.12 bits per heavy atom. The Bertz CT molecular complexity index is 994. The maximum atomic E-state index is 10.3. The highest BCUT2D eigenvalue weighted by Gasteiger charge is 2.42. The second-order valence-corrected chi connectivity index (χ2v) is 6.69. The summed E-state index contributed by atoms with van der Waals surface area (Å²) in [4.78, 5) is 0. The maximum absolute atomic E-state index is 10.3. The van der Waals surface area contributed by atoms with Crippen LogP contribution in [0.2, 0.25) is 0 Å². The van der Waals surface area contributed by atoms with Crippen molar-refractivity contribution in [3.63, 3.8) is 0 Å². The molecule has 3 aromatic rings. The Kier molecular flexibility index (Phi) is 3.28. The number of phenolic OH excluding ortho intramolecular Hbond substituents is 1. The van der Waals surface area contributed by atoms with Crippen LogP contribution in [0.3, 0.4) is 0 Å². The number of aryl methyl sites for hydroxylation is 1. The molecule has 2 atom stereocenters. The van der Waals surface area contributed by atoms with E-state index in [4.69, 9.17) is 14.3 Å². The van der Waals surface area contributed by atoms with Crippen LogP contribution >= 0.6 is 0 Å². The highest BCUT2D eigenvalue weighted by Crippen LogP contribution is 2.47. The first kappa shape index (κ1) is 15.1. The van der Waals surface area contributed by atoms with Gasteiger partial charge in [-0.25, -0.2) is 5.01 Å². The Morgan fingerprint density at radius 2 is 2.00 bits per heavy atom. The van der Waals surface area contributed by atoms with E-state index in [0.717, 1.165) is 28.2 Å². The molecule has 0 amide bonds. The van der Waals surface area contributed by atoms with Crippen molar-refractivity contribution in [2.75, 3.05) is 0 Å². The molecule has 1 aromatic heterocycles. The monoisotopic (exact) mass is 346 g/mol. The van der Waals surface area contributed by atoms with Gasteiger partial charge in [-0.3, -0.25) is 0 Å². The molecule has 2 aromatic carbocycles. The molecule has 0 spiro atoms. The fourth-order valence-corrected chi connectivity index (χ4v) is 3.70. The fraction of sp³-hybridized carbons (Fsp3) is 0.190. The molecule has 1 N–H and O–H groups in total. The molecule has 2 aliphatic heterocycles. The number of para-hydroxylation sites is 1. The van der Waals surface area contributed by atoms with Gasteiger partial charge >= 0.3 is 0 Å². The van der Waals surface area contributed by atoms with Crippen LogP contribution in [0.15, 0.2) is 70.4 Å². The smallest absolute Gasteiger partial charge is 0.246 e. The topological polar surface area (TPSA) is 58.2 Å². The second-order valence-electron chi connectivity index (χ2n) is 6.69. The summed E-state index contributed by atoms with van der Waals surface area (Å²) in [5.41, 5.74) is 3.81. The van der Waals surface area contributed by atoms with Crippen LogP contribution in [0.25, 0.3) is 0 Å². The number of aromatic hydroxyl groups is 1. The molecule has 0 radical (unpaired) electrons. The summed E-state index contributed by atoms with van der Waals surface area (Å²) in [6.45, 7) is 2.01. The molecule has 5 rings (SSSR count). The van der Waals surface area contributed by atoms with Gasteiger partial charge in [0.15, 0.2) is 5.76 Å². The van der Waals surface area contributed by atoms with E-state index in [1.165, 1.54) is 0 Å². The van der Waals surface area contributed by atoms with Crippen molar-refractivity contribution in [2.45, 2.75) is 25.6 Å². The third-order valence-corrected chi connectivity index (χ3v) is 4.95. The SMILES string of the molecule is Cc1ccc(O)c(C2=NN3C(C2)c2ccccc2OC3c2ccco2)c1. The van der Waals surface area contributed by atoms with Crippen molar-refractivity contribution >= 4 is 5.71 Å². The van der Waals surface area contributed by atoms with E-state index in [1.807, 2.05) is 54.4 Å². The summed E-state index contributed by atoms with van der Waals surface area (Å²) < 4.78 is 11.8. The minimum Gasteiger partial charge on any atom is -0.507 e. The highest BCUT2D eigenvalue weighted by molar-refractivity contribution is 6.04. The van der Waals surface area contributed by atoms with Crippen molar-refractivity contribution in [2.24, 2.45) is 5.10 Å². The summed E-state index contributed by atoms with van der Waals surface area (Å²) in [5, 5.41) is 17.1. The molecule has 2 unspecified atom stereocenters. The van der Waals surface area contributed by atoms with Gasteiger partial charge in [-0.15, -0.1) is 0 Å². The van der Waals surface area contributed by atoms with Gasteiger partial charge in [0.2, 0.25) is 6.23 Å². The van der Waals surface area contributed by atoms with Gasteiger partial charge in [-0.2, -0.15) is 5.10 Å². The number of ether oxygens (including phenoxy) is 1. The molecular formula is C21H18N2O3. The summed E-state index contributed by atoms with van der Waals surface area (Å²) >= 11 is 0. The zero-order chi connectivity index (χ0) is 17.7. The third kappa shape index (κ3) is 2.28. The van der Waals surface area contributed by atoms with E-state index < -0.39 is 6.23 Å². The number of phenols is 1. The molecule has 0 fully saturated rings. The van der Waals surface area contributed by atoms with Gasteiger partial charge < -0.3 is 14.3 Å². The fourth-order valence-electron chi connectivity index (χ4n) is 3.70. The number of fused-ring (bicyclic) bond motifs is 3. The lowest BCUT2D eigenvalue weighted by molar-refractivity contribution is -0.0325. The normalized spacial score (nSPS) is 21.0. The van der Waals surface area contributed by atoms with E-state index >= 15 is 0 Å². The molecule has 5 nitrogen and oxygen atoms in total. The van der Waals surface area contributed by atoms with Crippen LogP contribution in [0.5, 0.6) is 11.5 Å². The minimum atomic E-state index is -0.422. The van der Waals surface area contributed by atoms with E-state index in [9.17, 15) is 5.11 Å². The Labute approximate surface area is 151 Å². The molecule has 0 saturated heterocycles. The average Bonchev–Trinajstić information content (AvgIpc) is 3.33. The van der Waals surface area contributed by atoms with Crippen LogP contribution in [0.4, 0.5) is 0 Å². The van der Waals surface area contributed by atoms with Crippen molar-refractivity contribution in [1.82, 2.24) is 5.01 Å². The lowest BCUT2D eigenvalue weighted by Gasteiger charge is -2.36. The first-order chi connectivity index (χ1) is 12.7. The Morgan fingerprint density at radius 3 is 2.85 bits per heavy atom. The summed E-state index contributed by atoms with van der Waals surface area (Å²) in [6, 6.07) is 17.4. The average molecular weight is 346 g/mol. The Balaban J connectivity index is 1.62. The number of hydrogen-bond donors (Lipinski definition) is 1. The van der Waals surface area contributed by atoms with Gasteiger partial charge in [0, 0.05) is 17.5 Å². The number of benzene rings is 2. The first-order valence-electron chi connectivity index (χ1n) is 8.65. The van der Waals surface area contributed by atoms with E-state index in [1.54, 1.807) is 12.3 Å². The lowest BCUT2D eigenvalue weighted by Crippen LogP contribution is -2.33. The first-order valence-corrected chi connectivity index (χ1v) is 8.65. The molecule has 5 heteroatoms. The predicted molar refractivity (Wildman–Crippen MR) is 97.1 cm³/mol. The molecule has 2 aliphatic rings. The van der Waals surface area contributed by atoms with E-state index in [0.29, 0.717) is 12.2 Å². The van der Waals surface area contributed by atoms with E-state index in [-0.39, 0.29) is 11.8 Å². The van der Waals surface area contributed by atoms with Crippen LogP contribution in [-0.2, 0) is 0 Å². The van der Waals surface area contributed by atoms with Crippen LogP contribution in [0, 0.1) is 6.92 Å². The van der Waals surface area contributed by atoms with Crippen LogP contribution in [0.1, 0.15) is 41.1 Å². The number of rotatable bonds is 2. The summed E-state index contributed by atoms with van der Waals surface area (Å²) in [5.74, 6) is 1.81. The van der Waals surface area contributed by atoms with Crippen LogP contribution in [-0.4, -0.2) is 15.8 Å². The molecule has 0 saturated carbocycles. The van der Waals surface area contributed by atoms with Crippen LogP contribution < -0.4 is 4.74 Å². The predicted octanol–water partition coefficient (Wildman–Crippen LogP) is 4.54. The molecule has 3 heterocycles. The lowest BCUT2D eigenvalue weighted by atomic mass is 9.95. The maximum Gasteiger partial charge on any atom is 0.246 e. The molecule has 0 bridgehead atoms. The number of hydrogen-bond acceptors (Lipinski definition) is 5. The quantitative estimate of drug-likeness (QED) is 0.740. The largest absolute Gasteiger partial charge is 0.507 e. The zero-order valence-corrected chi connectivity index (χ0v) is 14.3. The molecule has 0 aliphatic carbocycles. The highest BCUT2D eigenvalue weighted by atomic mass is 16.5. The van der Waals surface area contributed by atoms with Gasteiger partial charge in [-0.05, 0) is 37.3 Å². The standard InChI is InChI=1S/C21H18N2O3/c1-13-8-9-18(24)15(11-13)16-12-17-14-5-2-3-6-19(14)26-21(23(17)22-16)20-7-4-10-25-20/h2-11,17,21,24H,12H2,1H3. The van der Waals surface area contributed by atoms with E-state index in [2.05, 4.69) is 6.07 Å². The van der Waals surface area contributed by atoms with Gasteiger partial charge in [-0.1, -0.05) is 29.8 Å². The zero-order valence-electron chi connectivity index (χ0n) is 14.3. The van der Waals surface area contributed by atoms with Crippen molar-refractivity contribution < 1.29 is 14.3 Å². The molecule has 130 valence electrons. The van der Waals surface area contributed by atoms with Gasteiger partial charge in [0.1, 0.15) is 11.5 Å². The molecule has 26 heavy (non-hydrogen) atoms. The van der Waals surface area contributed by atoms with Crippen molar-refractivity contribution in [1.29, 1.82) is 0 Å². The summed E-state index contributed by atoms with van der Waals surface area (Å²) in [7, 11) is 0. The number of furan rings is 1. The van der Waals surface area contributed by atoms with Gasteiger partial charge in [0.05, 0.1) is 18.0 Å². The van der Waals surface area contributed by atoms with Crippen molar-refractivity contribution in [3.05, 3.63) is 83.3 Å². The second kappa shape index (κ2) is 5.66. The minimum absolute atomic E-state index is 0.0463.